The number of hydrogen-bond donors (Lipinski definition) is 0. The molecular formula is C48H29N. The monoisotopic (exact) mass is 619 g/mol. The number of fused-ring (bicyclic) bond motifs is 9. The lowest BCUT2D eigenvalue weighted by Crippen LogP contribution is -1.94. The van der Waals surface area contributed by atoms with Crippen LogP contribution >= 0.6 is 0 Å². The van der Waals surface area contributed by atoms with Crippen molar-refractivity contribution in [2.75, 3.05) is 0 Å². The van der Waals surface area contributed by atoms with Gasteiger partial charge in [0, 0.05) is 21.8 Å². The lowest BCUT2D eigenvalue weighted by atomic mass is 9.93. The summed E-state index contributed by atoms with van der Waals surface area (Å²) in [7, 11) is 0. The van der Waals surface area contributed by atoms with Gasteiger partial charge in [0.2, 0.25) is 0 Å². The predicted octanol–water partition coefficient (Wildman–Crippen LogP) is 13.2. The predicted molar refractivity (Wildman–Crippen MR) is 209 cm³/mol. The van der Waals surface area contributed by atoms with Gasteiger partial charge in [-0.05, 0) is 114 Å². The Morgan fingerprint density at radius 2 is 0.918 bits per heavy atom. The third-order valence-corrected chi connectivity index (χ3v) is 10.7. The zero-order valence-corrected chi connectivity index (χ0v) is 26.7. The van der Waals surface area contributed by atoms with Crippen molar-refractivity contribution in [3.05, 3.63) is 176 Å². The number of aromatic nitrogens is 1. The van der Waals surface area contributed by atoms with E-state index in [2.05, 4.69) is 180 Å². The third kappa shape index (κ3) is 3.82. The van der Waals surface area contributed by atoms with Gasteiger partial charge in [-0.1, -0.05) is 133 Å². The highest BCUT2D eigenvalue weighted by molar-refractivity contribution is 6.21. The molecule has 1 aliphatic carbocycles. The quantitative estimate of drug-likeness (QED) is 0.185. The summed E-state index contributed by atoms with van der Waals surface area (Å²) in [5.41, 5.74) is 14.0. The third-order valence-electron chi connectivity index (χ3n) is 10.7. The summed E-state index contributed by atoms with van der Waals surface area (Å²) in [5, 5.41) is 10.2. The van der Waals surface area contributed by atoms with E-state index in [9.17, 15) is 0 Å². The van der Waals surface area contributed by atoms with Crippen LogP contribution < -0.4 is 0 Å². The molecule has 0 unspecified atom stereocenters. The average molecular weight is 620 g/mol. The van der Waals surface area contributed by atoms with E-state index in [4.69, 9.17) is 0 Å². The van der Waals surface area contributed by atoms with E-state index in [-0.39, 0.29) is 0 Å². The highest BCUT2D eigenvalue weighted by Gasteiger charge is 2.22. The fourth-order valence-corrected chi connectivity index (χ4v) is 8.49. The van der Waals surface area contributed by atoms with Gasteiger partial charge >= 0.3 is 0 Å². The van der Waals surface area contributed by atoms with Crippen LogP contribution in [0.5, 0.6) is 0 Å². The summed E-state index contributed by atoms with van der Waals surface area (Å²) in [5.74, 6) is 0. The number of rotatable bonds is 3. The topological polar surface area (TPSA) is 4.93 Å². The Bertz CT molecular complexity index is 2980. The first-order valence-corrected chi connectivity index (χ1v) is 17.0. The number of benzene rings is 9. The van der Waals surface area contributed by atoms with E-state index in [1.165, 1.54) is 104 Å². The molecule has 0 N–H and O–H groups in total. The SMILES string of the molecule is c1ccc(-n2c3ccccc3c3ccc4c(-c5ccc6cc(-c7cc8c9c(cccc9c7)-c7ccccc7-8)ccc6c5)cccc4c32)cc1. The Kier molecular flexibility index (Phi) is 5.45. The van der Waals surface area contributed by atoms with Crippen molar-refractivity contribution in [3.8, 4) is 50.2 Å². The second kappa shape index (κ2) is 10.0. The summed E-state index contributed by atoms with van der Waals surface area (Å²) >= 11 is 0. The number of hydrogen-bond acceptors (Lipinski definition) is 0. The van der Waals surface area contributed by atoms with E-state index in [1.54, 1.807) is 0 Å². The molecule has 226 valence electrons. The molecule has 10 aromatic rings. The molecule has 0 atom stereocenters. The number of para-hydroxylation sites is 2. The molecule has 1 aliphatic rings. The van der Waals surface area contributed by atoms with Crippen LogP contribution in [-0.2, 0) is 0 Å². The number of nitrogens with zero attached hydrogens (tertiary/aromatic N) is 1. The van der Waals surface area contributed by atoms with Gasteiger partial charge < -0.3 is 4.57 Å². The van der Waals surface area contributed by atoms with Crippen LogP contribution in [0.2, 0.25) is 0 Å². The van der Waals surface area contributed by atoms with Gasteiger partial charge in [0.15, 0.2) is 0 Å². The summed E-state index contributed by atoms with van der Waals surface area (Å²) in [4.78, 5) is 0. The summed E-state index contributed by atoms with van der Waals surface area (Å²) in [6.45, 7) is 0. The lowest BCUT2D eigenvalue weighted by Gasteiger charge is -2.13. The summed E-state index contributed by atoms with van der Waals surface area (Å²) < 4.78 is 2.43. The van der Waals surface area contributed by atoms with Crippen LogP contribution in [0.15, 0.2) is 176 Å². The second-order valence-electron chi connectivity index (χ2n) is 13.3. The van der Waals surface area contributed by atoms with Gasteiger partial charge in [0.05, 0.1) is 11.0 Å². The zero-order chi connectivity index (χ0) is 32.1. The normalized spacial score (nSPS) is 12.1. The van der Waals surface area contributed by atoms with Gasteiger partial charge in [0.1, 0.15) is 0 Å². The Hall–Kier alpha value is -6.44. The molecule has 9 aromatic carbocycles. The first-order chi connectivity index (χ1) is 24.3. The molecule has 11 rings (SSSR count). The minimum atomic E-state index is 1.18. The molecule has 0 spiro atoms. The Morgan fingerprint density at radius 3 is 1.80 bits per heavy atom. The Balaban J connectivity index is 1.05. The van der Waals surface area contributed by atoms with Gasteiger partial charge in [-0.2, -0.15) is 0 Å². The van der Waals surface area contributed by atoms with Gasteiger partial charge in [-0.15, -0.1) is 0 Å². The lowest BCUT2D eigenvalue weighted by molar-refractivity contribution is 1.19. The van der Waals surface area contributed by atoms with Crippen molar-refractivity contribution in [3.63, 3.8) is 0 Å². The first kappa shape index (κ1) is 26.6. The maximum Gasteiger partial charge on any atom is 0.0619 e. The van der Waals surface area contributed by atoms with E-state index in [0.717, 1.165) is 0 Å². The molecule has 0 bridgehead atoms. The van der Waals surface area contributed by atoms with Crippen LogP contribution in [0.25, 0.3) is 104 Å². The summed E-state index contributed by atoms with van der Waals surface area (Å²) in [6.07, 6.45) is 0. The van der Waals surface area contributed by atoms with Crippen LogP contribution in [-0.4, -0.2) is 4.57 Å². The summed E-state index contributed by atoms with van der Waals surface area (Å²) in [6, 6.07) is 65.0. The van der Waals surface area contributed by atoms with E-state index >= 15 is 0 Å². The minimum absolute atomic E-state index is 1.18. The molecule has 1 aromatic heterocycles. The van der Waals surface area contributed by atoms with Gasteiger partial charge in [-0.3, -0.25) is 0 Å². The molecule has 1 heterocycles. The van der Waals surface area contributed by atoms with Crippen molar-refractivity contribution in [1.82, 2.24) is 4.57 Å². The largest absolute Gasteiger partial charge is 0.309 e. The molecule has 0 amide bonds. The smallest absolute Gasteiger partial charge is 0.0619 e. The maximum absolute atomic E-state index is 2.43. The van der Waals surface area contributed by atoms with Crippen molar-refractivity contribution >= 4 is 54.1 Å². The molecule has 1 nitrogen and oxygen atoms in total. The van der Waals surface area contributed by atoms with Crippen molar-refractivity contribution < 1.29 is 0 Å². The fourth-order valence-electron chi connectivity index (χ4n) is 8.49. The van der Waals surface area contributed by atoms with Gasteiger partial charge in [-0.25, -0.2) is 0 Å². The standard InChI is InChI=1S/C48H29N/c1-2-11-36(12-3-1)49-46-19-7-6-15-41(46)44-25-24-40-37(16-9-18-43(40)48(44)49)33-23-22-30-26-32(21-20-31(30)27-33)35-28-34-10-8-17-42-38-13-4-5-14-39(38)45(29-35)47(34)42/h1-29H. The molecule has 1 heteroatoms. The van der Waals surface area contributed by atoms with E-state index in [0.29, 0.717) is 0 Å². The van der Waals surface area contributed by atoms with Crippen molar-refractivity contribution in [2.45, 2.75) is 0 Å². The average Bonchev–Trinajstić information content (AvgIpc) is 3.68. The molecule has 0 fully saturated rings. The molecule has 0 aliphatic heterocycles. The highest BCUT2D eigenvalue weighted by Crippen LogP contribution is 2.49. The second-order valence-corrected chi connectivity index (χ2v) is 13.3. The first-order valence-electron chi connectivity index (χ1n) is 17.0. The molecule has 0 saturated carbocycles. The molecule has 49 heavy (non-hydrogen) atoms. The van der Waals surface area contributed by atoms with Crippen LogP contribution in [0, 0.1) is 0 Å². The minimum Gasteiger partial charge on any atom is -0.309 e. The molecule has 0 saturated heterocycles. The van der Waals surface area contributed by atoms with Crippen molar-refractivity contribution in [1.29, 1.82) is 0 Å². The van der Waals surface area contributed by atoms with E-state index in [1.807, 2.05) is 0 Å². The van der Waals surface area contributed by atoms with Crippen LogP contribution in [0.1, 0.15) is 0 Å². The molecule has 0 radical (unpaired) electrons. The van der Waals surface area contributed by atoms with Gasteiger partial charge in [0.25, 0.3) is 0 Å². The van der Waals surface area contributed by atoms with Crippen LogP contribution in [0.3, 0.4) is 0 Å². The zero-order valence-electron chi connectivity index (χ0n) is 26.7. The Morgan fingerprint density at radius 1 is 0.306 bits per heavy atom. The Labute approximate surface area is 283 Å². The highest BCUT2D eigenvalue weighted by atomic mass is 15.0. The molecular weight excluding hydrogens is 591 g/mol. The van der Waals surface area contributed by atoms with E-state index < -0.39 is 0 Å². The maximum atomic E-state index is 2.43. The van der Waals surface area contributed by atoms with Crippen LogP contribution in [0.4, 0.5) is 0 Å². The van der Waals surface area contributed by atoms with Crippen molar-refractivity contribution in [2.24, 2.45) is 0 Å². The fraction of sp³-hybridized carbons (Fsp3) is 0.